The van der Waals surface area contributed by atoms with Gasteiger partial charge in [-0.2, -0.15) is 0 Å². The molecule has 0 amide bonds. The van der Waals surface area contributed by atoms with E-state index in [0.717, 1.165) is 63.3 Å². The highest BCUT2D eigenvalue weighted by molar-refractivity contribution is 5.95. The lowest BCUT2D eigenvalue weighted by Gasteiger charge is -2.27. The molecular formula is C31H37N9O3. The van der Waals surface area contributed by atoms with E-state index in [9.17, 15) is 9.59 Å². The van der Waals surface area contributed by atoms with Crippen LogP contribution in [0.3, 0.4) is 0 Å². The minimum Gasteiger partial charge on any atom is -0.462 e. The molecule has 0 radical (unpaired) electrons. The maximum atomic E-state index is 13.6. The van der Waals surface area contributed by atoms with Crippen molar-refractivity contribution in [3.8, 4) is 0 Å². The summed E-state index contributed by atoms with van der Waals surface area (Å²) in [5.41, 5.74) is 1.88. The molecule has 0 saturated carbocycles. The van der Waals surface area contributed by atoms with Gasteiger partial charge in [0.2, 0.25) is 11.9 Å². The fraction of sp³-hybridized carbons (Fsp3) is 0.452. The molecule has 6 heterocycles. The summed E-state index contributed by atoms with van der Waals surface area (Å²) in [5.74, 6) is 1.54. The summed E-state index contributed by atoms with van der Waals surface area (Å²) in [7, 11) is 0. The fourth-order valence-electron chi connectivity index (χ4n) is 5.68. The first-order chi connectivity index (χ1) is 21.1. The number of pyridine rings is 1. The number of hydrogen-bond acceptors (Lipinski definition) is 10. The summed E-state index contributed by atoms with van der Waals surface area (Å²) in [4.78, 5) is 56.9. The lowest BCUT2D eigenvalue weighted by molar-refractivity contribution is 0.0525. The van der Waals surface area contributed by atoms with Crippen LogP contribution in [-0.4, -0.2) is 73.2 Å². The molecule has 6 rings (SSSR count). The molecule has 224 valence electrons. The van der Waals surface area contributed by atoms with Crippen LogP contribution in [0.25, 0.3) is 23.1 Å². The normalized spacial score (nSPS) is 15.8. The van der Waals surface area contributed by atoms with Gasteiger partial charge in [-0.3, -0.25) is 4.79 Å². The van der Waals surface area contributed by atoms with Crippen molar-refractivity contribution in [2.24, 2.45) is 0 Å². The molecule has 0 aromatic carbocycles. The molecule has 2 fully saturated rings. The van der Waals surface area contributed by atoms with E-state index in [1.165, 1.54) is 12.8 Å². The molecule has 4 aromatic heterocycles. The van der Waals surface area contributed by atoms with Crippen LogP contribution in [0.4, 0.5) is 11.9 Å². The van der Waals surface area contributed by atoms with Gasteiger partial charge in [0.05, 0.1) is 23.2 Å². The van der Waals surface area contributed by atoms with E-state index in [1.807, 2.05) is 12.3 Å². The van der Waals surface area contributed by atoms with Crippen molar-refractivity contribution < 1.29 is 9.53 Å². The van der Waals surface area contributed by atoms with E-state index in [1.54, 1.807) is 42.4 Å². The number of nitrogens with one attached hydrogen (secondary N) is 1. The molecule has 0 spiro atoms. The predicted molar refractivity (Wildman–Crippen MR) is 165 cm³/mol. The molecule has 4 aromatic rings. The van der Waals surface area contributed by atoms with Crippen molar-refractivity contribution in [1.29, 1.82) is 0 Å². The number of rotatable bonds is 9. The summed E-state index contributed by atoms with van der Waals surface area (Å²) in [6.07, 6.45) is 19.4. The first-order valence-corrected chi connectivity index (χ1v) is 15.2. The van der Waals surface area contributed by atoms with Crippen molar-refractivity contribution in [3.05, 3.63) is 64.0 Å². The van der Waals surface area contributed by atoms with Crippen molar-refractivity contribution >= 4 is 40.9 Å². The van der Waals surface area contributed by atoms with Crippen LogP contribution in [0.15, 0.2) is 35.8 Å². The van der Waals surface area contributed by atoms with Gasteiger partial charge in [-0.1, -0.05) is 0 Å². The van der Waals surface area contributed by atoms with E-state index in [-0.39, 0.29) is 17.7 Å². The summed E-state index contributed by atoms with van der Waals surface area (Å²) in [6, 6.07) is 0. The number of aryl methyl sites for hydroxylation is 2. The van der Waals surface area contributed by atoms with E-state index < -0.39 is 5.97 Å². The molecule has 43 heavy (non-hydrogen) atoms. The first-order valence-electron chi connectivity index (χ1n) is 15.2. The fourth-order valence-corrected chi connectivity index (χ4v) is 5.68. The Morgan fingerprint density at radius 3 is 2.30 bits per heavy atom. The van der Waals surface area contributed by atoms with Gasteiger partial charge in [-0.25, -0.2) is 29.7 Å². The summed E-state index contributed by atoms with van der Waals surface area (Å²) in [6.45, 7) is 5.98. The van der Waals surface area contributed by atoms with Crippen molar-refractivity contribution in [1.82, 2.24) is 34.5 Å². The monoisotopic (exact) mass is 583 g/mol. The molecule has 1 N–H and O–H groups in total. The number of aromatic amines is 1. The third-order valence-corrected chi connectivity index (χ3v) is 7.98. The van der Waals surface area contributed by atoms with Crippen LogP contribution in [-0.2, 0) is 17.7 Å². The van der Waals surface area contributed by atoms with E-state index >= 15 is 0 Å². The first kappa shape index (κ1) is 28.5. The number of H-pyrrole nitrogens is 1. The summed E-state index contributed by atoms with van der Waals surface area (Å²) >= 11 is 0. The molecule has 2 aliphatic rings. The third kappa shape index (κ3) is 6.42. The predicted octanol–water partition coefficient (Wildman–Crippen LogP) is 3.88. The van der Waals surface area contributed by atoms with Gasteiger partial charge in [0.1, 0.15) is 11.4 Å². The lowest BCUT2D eigenvalue weighted by atomic mass is 10.1. The minimum absolute atomic E-state index is 0.162. The van der Waals surface area contributed by atoms with Gasteiger partial charge >= 0.3 is 5.97 Å². The molecule has 0 aliphatic carbocycles. The molecule has 2 aliphatic heterocycles. The van der Waals surface area contributed by atoms with E-state index in [4.69, 9.17) is 14.7 Å². The second-order valence-corrected chi connectivity index (χ2v) is 10.9. The van der Waals surface area contributed by atoms with Gasteiger partial charge in [-0.15, -0.1) is 0 Å². The number of imidazole rings is 1. The molecule has 12 nitrogen and oxygen atoms in total. The second kappa shape index (κ2) is 13.1. The average molecular weight is 584 g/mol. The molecule has 2 saturated heterocycles. The number of carbonyl (C=O) groups excluding carboxylic acids is 1. The average Bonchev–Trinajstić information content (AvgIpc) is 3.58. The number of nitrogens with zero attached hydrogens (tertiary/aromatic N) is 8. The highest BCUT2D eigenvalue weighted by Crippen LogP contribution is 2.23. The Bertz CT molecular complexity index is 1650. The van der Waals surface area contributed by atoms with Crippen molar-refractivity contribution in [3.63, 3.8) is 0 Å². The van der Waals surface area contributed by atoms with E-state index in [2.05, 4.69) is 29.7 Å². The van der Waals surface area contributed by atoms with Crippen LogP contribution in [0.2, 0.25) is 0 Å². The molecule has 12 heteroatoms. The largest absolute Gasteiger partial charge is 0.462 e. The Morgan fingerprint density at radius 1 is 0.930 bits per heavy atom. The maximum absolute atomic E-state index is 13.6. The van der Waals surface area contributed by atoms with Gasteiger partial charge in [-0.05, 0) is 57.6 Å². The van der Waals surface area contributed by atoms with Gasteiger partial charge in [0.25, 0.3) is 5.56 Å². The van der Waals surface area contributed by atoms with Crippen molar-refractivity contribution in [2.45, 2.75) is 58.4 Å². The Balaban J connectivity index is 1.43. The number of hydrogen-bond donors (Lipinski definition) is 1. The SMILES string of the molecule is CCOC(=O)c1cnc(N2CCCCC2)nc1/C=C/c1cn(CCc2ncc[nH]2)c(=O)c2cnc(N3CCCCC3)nc12. The van der Waals surface area contributed by atoms with Crippen LogP contribution in [0.1, 0.15) is 72.9 Å². The van der Waals surface area contributed by atoms with Gasteiger partial charge in [0.15, 0.2) is 0 Å². The number of fused-ring (bicyclic) bond motifs is 1. The zero-order chi connectivity index (χ0) is 29.6. The molecule has 0 unspecified atom stereocenters. The van der Waals surface area contributed by atoms with Crippen LogP contribution >= 0.6 is 0 Å². The van der Waals surface area contributed by atoms with Crippen LogP contribution < -0.4 is 15.4 Å². The Hall–Kier alpha value is -4.61. The van der Waals surface area contributed by atoms with Crippen LogP contribution in [0.5, 0.6) is 0 Å². The molecule has 0 atom stereocenters. The number of carbonyl (C=O) groups is 1. The summed E-state index contributed by atoms with van der Waals surface area (Å²) < 4.78 is 6.98. The summed E-state index contributed by atoms with van der Waals surface area (Å²) in [5, 5.41) is 0.435. The lowest BCUT2D eigenvalue weighted by Crippen LogP contribution is -2.31. The third-order valence-electron chi connectivity index (χ3n) is 7.98. The highest BCUT2D eigenvalue weighted by Gasteiger charge is 2.20. The smallest absolute Gasteiger partial charge is 0.341 e. The molecular weight excluding hydrogens is 546 g/mol. The standard InChI is InChI=1S/C31H37N9O3/c1-2-43-29(42)23-19-34-30(38-14-5-3-6-15-38)36-25(23)10-9-22-21-40(18-11-26-32-12-13-33-26)28(41)24-20-35-31(37-27(22)24)39-16-7-4-8-17-39/h9-10,12-13,19-21H,2-8,11,14-18H2,1H3,(H,32,33)/b10-9+. The highest BCUT2D eigenvalue weighted by atomic mass is 16.5. The van der Waals surface area contributed by atoms with Gasteiger partial charge < -0.3 is 24.1 Å². The number of aromatic nitrogens is 7. The topological polar surface area (TPSA) is 135 Å². The van der Waals surface area contributed by atoms with Gasteiger partial charge in [0, 0.05) is 75.7 Å². The quantitative estimate of drug-likeness (QED) is 0.289. The zero-order valence-corrected chi connectivity index (χ0v) is 24.5. The Labute approximate surface area is 249 Å². The Kier molecular flexibility index (Phi) is 8.71. The van der Waals surface area contributed by atoms with Crippen LogP contribution in [0, 0.1) is 0 Å². The minimum atomic E-state index is -0.477. The maximum Gasteiger partial charge on any atom is 0.341 e. The number of anilines is 2. The van der Waals surface area contributed by atoms with Crippen molar-refractivity contribution in [2.75, 3.05) is 42.6 Å². The number of piperidine rings is 2. The number of ether oxygens (including phenoxy) is 1. The Morgan fingerprint density at radius 2 is 1.63 bits per heavy atom. The number of esters is 1. The zero-order valence-electron chi connectivity index (χ0n) is 24.5. The molecule has 0 bridgehead atoms. The van der Waals surface area contributed by atoms with E-state index in [0.29, 0.717) is 41.5 Å². The second-order valence-electron chi connectivity index (χ2n) is 10.9.